The minimum absolute atomic E-state index is 0.0314. The molecule has 1 aliphatic carbocycles. The number of hydrogen-bond acceptors (Lipinski definition) is 5. The molecule has 0 fully saturated rings. The zero-order valence-corrected chi connectivity index (χ0v) is 20.0. The number of hydrogen-bond donors (Lipinski definition) is 3. The lowest BCUT2D eigenvalue weighted by Gasteiger charge is -2.28. The SMILES string of the molecule is CO[C@H](C)[C@H](NC(=O)C(C)(C)CCNC(=O)OCC1c2ccccc2-c2ccccc21)C(=O)O. The Morgan fingerprint density at radius 3 is 2.12 bits per heavy atom. The van der Waals surface area contributed by atoms with E-state index in [0.29, 0.717) is 6.42 Å². The molecule has 2 aromatic carbocycles. The average Bonchev–Trinajstić information content (AvgIpc) is 3.14. The van der Waals surface area contributed by atoms with E-state index in [9.17, 15) is 19.5 Å². The molecule has 182 valence electrons. The summed E-state index contributed by atoms with van der Waals surface area (Å²) in [7, 11) is 1.39. The van der Waals surface area contributed by atoms with Gasteiger partial charge in [0.05, 0.1) is 6.10 Å². The third-order valence-electron chi connectivity index (χ3n) is 6.37. The second-order valence-corrected chi connectivity index (χ2v) is 9.12. The number of rotatable bonds is 10. The first kappa shape index (κ1) is 25.2. The van der Waals surface area contributed by atoms with Gasteiger partial charge in [0.1, 0.15) is 6.61 Å². The summed E-state index contributed by atoms with van der Waals surface area (Å²) in [5, 5.41) is 14.6. The first-order valence-corrected chi connectivity index (χ1v) is 11.3. The molecule has 34 heavy (non-hydrogen) atoms. The molecule has 0 heterocycles. The molecule has 8 nitrogen and oxygen atoms in total. The maximum absolute atomic E-state index is 12.6. The fraction of sp³-hybridized carbons (Fsp3) is 0.423. The molecule has 2 atom stereocenters. The normalized spacial score (nSPS) is 14.5. The number of amides is 2. The van der Waals surface area contributed by atoms with E-state index in [-0.39, 0.29) is 19.1 Å². The van der Waals surface area contributed by atoms with Crippen LogP contribution in [-0.4, -0.2) is 55.5 Å². The summed E-state index contributed by atoms with van der Waals surface area (Å²) < 4.78 is 10.6. The highest BCUT2D eigenvalue weighted by molar-refractivity contribution is 5.87. The van der Waals surface area contributed by atoms with E-state index in [4.69, 9.17) is 9.47 Å². The molecule has 0 spiro atoms. The van der Waals surface area contributed by atoms with Gasteiger partial charge in [-0.15, -0.1) is 0 Å². The van der Waals surface area contributed by atoms with Crippen LogP contribution >= 0.6 is 0 Å². The average molecular weight is 469 g/mol. The van der Waals surface area contributed by atoms with Crippen LogP contribution < -0.4 is 10.6 Å². The number of ether oxygens (including phenoxy) is 2. The highest BCUT2D eigenvalue weighted by atomic mass is 16.5. The van der Waals surface area contributed by atoms with E-state index in [1.54, 1.807) is 20.8 Å². The molecule has 0 radical (unpaired) electrons. The summed E-state index contributed by atoms with van der Waals surface area (Å²) in [6.07, 6.45) is -0.942. The van der Waals surface area contributed by atoms with Crippen molar-refractivity contribution in [3.8, 4) is 11.1 Å². The maximum atomic E-state index is 12.6. The van der Waals surface area contributed by atoms with Gasteiger partial charge in [-0.1, -0.05) is 62.4 Å². The molecule has 3 N–H and O–H groups in total. The van der Waals surface area contributed by atoms with Crippen molar-refractivity contribution in [3.63, 3.8) is 0 Å². The van der Waals surface area contributed by atoms with Crippen LogP contribution in [0.5, 0.6) is 0 Å². The van der Waals surface area contributed by atoms with Crippen LogP contribution in [0.25, 0.3) is 11.1 Å². The van der Waals surface area contributed by atoms with Crippen molar-refractivity contribution in [2.45, 2.75) is 45.3 Å². The van der Waals surface area contributed by atoms with Gasteiger partial charge in [-0.05, 0) is 35.6 Å². The summed E-state index contributed by atoms with van der Waals surface area (Å²) >= 11 is 0. The van der Waals surface area contributed by atoms with Gasteiger partial charge in [0.25, 0.3) is 0 Å². The number of carbonyl (C=O) groups excluding carboxylic acids is 2. The summed E-state index contributed by atoms with van der Waals surface area (Å²) in [6.45, 7) is 5.37. The lowest BCUT2D eigenvalue weighted by Crippen LogP contribution is -2.52. The monoisotopic (exact) mass is 468 g/mol. The van der Waals surface area contributed by atoms with Crippen LogP contribution in [0.1, 0.15) is 44.2 Å². The molecule has 1 aliphatic rings. The first-order valence-electron chi connectivity index (χ1n) is 11.3. The molecular formula is C26H32N2O6. The van der Waals surface area contributed by atoms with E-state index in [1.165, 1.54) is 7.11 Å². The lowest BCUT2D eigenvalue weighted by molar-refractivity contribution is -0.147. The van der Waals surface area contributed by atoms with E-state index in [0.717, 1.165) is 22.3 Å². The number of carboxylic acids is 1. The minimum Gasteiger partial charge on any atom is -0.480 e. The van der Waals surface area contributed by atoms with Crippen molar-refractivity contribution in [1.82, 2.24) is 10.6 Å². The van der Waals surface area contributed by atoms with Crippen molar-refractivity contribution < 1.29 is 29.0 Å². The quantitative estimate of drug-likeness (QED) is 0.491. The molecule has 0 bridgehead atoms. The van der Waals surface area contributed by atoms with E-state index < -0.39 is 35.5 Å². The summed E-state index contributed by atoms with van der Waals surface area (Å²) in [4.78, 5) is 36.4. The fourth-order valence-corrected chi connectivity index (χ4v) is 4.09. The third-order valence-corrected chi connectivity index (χ3v) is 6.37. The summed E-state index contributed by atoms with van der Waals surface area (Å²) in [5.41, 5.74) is 3.67. The number of benzene rings is 2. The molecule has 2 aromatic rings. The molecule has 0 saturated heterocycles. The molecule has 8 heteroatoms. The van der Waals surface area contributed by atoms with Crippen molar-refractivity contribution in [2.24, 2.45) is 5.41 Å². The molecule has 3 rings (SSSR count). The minimum atomic E-state index is -1.17. The van der Waals surface area contributed by atoms with Crippen LogP contribution in [0, 0.1) is 5.41 Å². The second-order valence-electron chi connectivity index (χ2n) is 9.12. The molecule has 2 amide bonds. The molecular weight excluding hydrogens is 436 g/mol. The fourth-order valence-electron chi connectivity index (χ4n) is 4.09. The number of carboxylic acid groups (broad SMARTS) is 1. The Balaban J connectivity index is 1.51. The Kier molecular flexibility index (Phi) is 7.94. The van der Waals surface area contributed by atoms with Gasteiger partial charge in [0.15, 0.2) is 6.04 Å². The van der Waals surface area contributed by atoms with Crippen LogP contribution in [0.3, 0.4) is 0 Å². The zero-order valence-electron chi connectivity index (χ0n) is 20.0. The predicted molar refractivity (Wildman–Crippen MR) is 128 cm³/mol. The topological polar surface area (TPSA) is 114 Å². The Bertz CT molecular complexity index is 1010. The Morgan fingerprint density at radius 2 is 1.59 bits per heavy atom. The van der Waals surface area contributed by atoms with Crippen LogP contribution in [0.2, 0.25) is 0 Å². The van der Waals surface area contributed by atoms with Gasteiger partial charge in [-0.2, -0.15) is 0 Å². The van der Waals surface area contributed by atoms with E-state index >= 15 is 0 Å². The van der Waals surface area contributed by atoms with E-state index in [2.05, 4.69) is 34.9 Å². The van der Waals surface area contributed by atoms with Crippen molar-refractivity contribution in [1.29, 1.82) is 0 Å². The smallest absolute Gasteiger partial charge is 0.407 e. The number of methoxy groups -OCH3 is 1. The maximum Gasteiger partial charge on any atom is 0.407 e. The number of aliphatic carboxylic acids is 1. The Morgan fingerprint density at radius 1 is 1.03 bits per heavy atom. The molecule has 0 aromatic heterocycles. The Hall–Kier alpha value is -3.39. The van der Waals surface area contributed by atoms with Crippen molar-refractivity contribution in [2.75, 3.05) is 20.3 Å². The van der Waals surface area contributed by atoms with Crippen molar-refractivity contribution in [3.05, 3.63) is 59.7 Å². The van der Waals surface area contributed by atoms with Gasteiger partial charge >= 0.3 is 12.1 Å². The van der Waals surface area contributed by atoms with Gasteiger partial charge in [-0.25, -0.2) is 9.59 Å². The first-order chi connectivity index (χ1) is 16.2. The van der Waals surface area contributed by atoms with Crippen molar-refractivity contribution >= 4 is 18.0 Å². The number of carbonyl (C=O) groups is 3. The molecule has 0 saturated carbocycles. The second kappa shape index (κ2) is 10.7. The highest BCUT2D eigenvalue weighted by Crippen LogP contribution is 2.44. The van der Waals surface area contributed by atoms with Gasteiger partial charge < -0.3 is 25.2 Å². The number of nitrogens with one attached hydrogen (secondary N) is 2. The number of fused-ring (bicyclic) bond motifs is 3. The summed E-state index contributed by atoms with van der Waals surface area (Å²) in [6, 6.07) is 15.0. The van der Waals surface area contributed by atoms with Gasteiger partial charge in [-0.3, -0.25) is 4.79 Å². The largest absolute Gasteiger partial charge is 0.480 e. The van der Waals surface area contributed by atoms with Gasteiger partial charge in [0, 0.05) is 25.0 Å². The Labute approximate surface area is 199 Å². The number of alkyl carbamates (subject to hydrolysis) is 1. The van der Waals surface area contributed by atoms with Crippen LogP contribution in [0.15, 0.2) is 48.5 Å². The molecule has 0 unspecified atom stereocenters. The van der Waals surface area contributed by atoms with Gasteiger partial charge in [0.2, 0.25) is 5.91 Å². The zero-order chi connectivity index (χ0) is 24.9. The third kappa shape index (κ3) is 5.56. The summed E-state index contributed by atoms with van der Waals surface area (Å²) in [5.74, 6) is -1.63. The lowest BCUT2D eigenvalue weighted by atomic mass is 9.87. The van der Waals surface area contributed by atoms with Crippen LogP contribution in [-0.2, 0) is 19.1 Å². The van der Waals surface area contributed by atoms with Crippen LogP contribution in [0.4, 0.5) is 4.79 Å². The predicted octanol–water partition coefficient (Wildman–Crippen LogP) is 3.55. The standard InChI is InChI=1S/C26H32N2O6/c1-16(33-4)22(23(29)30)28-24(31)26(2,3)13-14-27-25(32)34-15-21-19-11-7-5-9-17(19)18-10-6-8-12-20(18)21/h5-12,16,21-22H,13-15H2,1-4H3,(H,27,32)(H,28,31)(H,29,30)/t16-,22+/m1/s1. The molecule has 0 aliphatic heterocycles. The van der Waals surface area contributed by atoms with E-state index in [1.807, 2.05) is 24.3 Å². The highest BCUT2D eigenvalue weighted by Gasteiger charge is 2.34.